The summed E-state index contributed by atoms with van der Waals surface area (Å²) in [4.78, 5) is 31.2. The number of carbonyl (C=O) groups excluding carboxylic acids is 2. The lowest BCUT2D eigenvalue weighted by molar-refractivity contribution is -0.197. The van der Waals surface area contributed by atoms with Crippen molar-refractivity contribution >= 4 is 17.5 Å². The second kappa shape index (κ2) is 12.6. The van der Waals surface area contributed by atoms with Crippen molar-refractivity contribution in [2.75, 3.05) is 11.9 Å². The van der Waals surface area contributed by atoms with Crippen molar-refractivity contribution in [2.24, 2.45) is 5.92 Å². The monoisotopic (exact) mass is 562 g/mol. The predicted molar refractivity (Wildman–Crippen MR) is 156 cm³/mol. The summed E-state index contributed by atoms with van der Waals surface area (Å²) in [6, 6.07) is 7.46. The highest BCUT2D eigenvalue weighted by atomic mass is 16.6. The molecule has 2 aliphatic rings. The van der Waals surface area contributed by atoms with Gasteiger partial charge in [0.25, 0.3) is 11.8 Å². The van der Waals surface area contributed by atoms with E-state index in [1.54, 1.807) is 16.9 Å². The molecule has 0 aromatic carbocycles. The molecular weight excluding hydrogens is 520 g/mol. The molecule has 1 fully saturated rings. The van der Waals surface area contributed by atoms with Crippen molar-refractivity contribution in [3.63, 3.8) is 0 Å². The molecular formula is C31H42N6O4. The molecule has 3 N–H and O–H groups in total. The second-order valence-electron chi connectivity index (χ2n) is 12.2. The van der Waals surface area contributed by atoms with Crippen LogP contribution in [-0.4, -0.2) is 54.7 Å². The van der Waals surface area contributed by atoms with Gasteiger partial charge >= 0.3 is 0 Å². The third-order valence-electron chi connectivity index (χ3n) is 7.84. The average molecular weight is 563 g/mol. The van der Waals surface area contributed by atoms with Gasteiger partial charge in [0.05, 0.1) is 23.0 Å². The molecule has 3 aromatic heterocycles. The number of fused-ring (bicyclic) bond motifs is 6. The van der Waals surface area contributed by atoms with Crippen molar-refractivity contribution in [1.82, 2.24) is 24.6 Å². The maximum absolute atomic E-state index is 13.3. The van der Waals surface area contributed by atoms with Gasteiger partial charge in [-0.25, -0.2) is 4.98 Å². The van der Waals surface area contributed by atoms with Crippen LogP contribution in [0.2, 0.25) is 0 Å². The van der Waals surface area contributed by atoms with Gasteiger partial charge < -0.3 is 25.0 Å². The summed E-state index contributed by atoms with van der Waals surface area (Å²) < 4.78 is 9.73. The first-order valence-electron chi connectivity index (χ1n) is 14.8. The molecule has 4 heterocycles. The highest BCUT2D eigenvalue weighted by molar-refractivity contribution is 6.07. The molecule has 0 spiro atoms. The van der Waals surface area contributed by atoms with Crippen LogP contribution in [0.25, 0.3) is 11.3 Å². The van der Waals surface area contributed by atoms with E-state index in [0.29, 0.717) is 12.2 Å². The second-order valence-corrected chi connectivity index (χ2v) is 12.2. The molecule has 1 atom stereocenters. The molecule has 1 aliphatic heterocycles. The van der Waals surface area contributed by atoms with Crippen LogP contribution in [0.1, 0.15) is 99.2 Å². The first-order chi connectivity index (χ1) is 19.7. The van der Waals surface area contributed by atoms with E-state index in [9.17, 15) is 14.7 Å². The standard InChI is InChI=1S/C31H42N6O4/c1-31(2,3)41-30(40)21-11-13-23(14-12-21)37-20-26-27(35-37)29(39)32-16-6-4-5-7-17-36-18-15-22(19-36)24-9-8-10-25(33-24)28(38)34-26/h8-10,15,18-21,23,30,40H,4-7,11-14,16-17H2,1-3H3,(H,32,39)(H,34,38). The van der Waals surface area contributed by atoms with E-state index < -0.39 is 17.8 Å². The maximum Gasteiger partial charge on any atom is 0.274 e. The van der Waals surface area contributed by atoms with Gasteiger partial charge in [0.15, 0.2) is 12.0 Å². The van der Waals surface area contributed by atoms with Gasteiger partial charge in [-0.15, -0.1) is 0 Å². The summed E-state index contributed by atoms with van der Waals surface area (Å²) in [5, 5.41) is 21.1. The molecule has 2 amide bonds. The Balaban J connectivity index is 1.36. The van der Waals surface area contributed by atoms with Gasteiger partial charge in [-0.05, 0) is 77.5 Å². The number of hydrogen-bond donors (Lipinski definition) is 3. The molecule has 3 aromatic rings. The fourth-order valence-electron chi connectivity index (χ4n) is 5.65. The molecule has 1 unspecified atom stereocenters. The zero-order valence-corrected chi connectivity index (χ0v) is 24.3. The lowest BCUT2D eigenvalue weighted by Crippen LogP contribution is -2.35. The van der Waals surface area contributed by atoms with Crippen LogP contribution in [-0.2, 0) is 11.3 Å². The molecule has 1 saturated carbocycles. The fraction of sp³-hybridized carbons (Fsp3) is 0.548. The van der Waals surface area contributed by atoms with Crippen LogP contribution < -0.4 is 10.6 Å². The van der Waals surface area contributed by atoms with Gasteiger partial charge in [-0.3, -0.25) is 14.3 Å². The number of pyridine rings is 1. The molecule has 10 nitrogen and oxygen atoms in total. The van der Waals surface area contributed by atoms with Gasteiger partial charge in [0, 0.05) is 43.2 Å². The van der Waals surface area contributed by atoms with E-state index in [2.05, 4.69) is 31.5 Å². The summed E-state index contributed by atoms with van der Waals surface area (Å²) >= 11 is 0. The number of carbonyl (C=O) groups is 2. The minimum atomic E-state index is -0.809. The number of hydrogen-bond acceptors (Lipinski definition) is 6. The maximum atomic E-state index is 13.3. The SMILES string of the molecule is CC(C)(C)OC(O)C1CCC(n2cc3c(n2)C(=O)NCCCCCCn2ccc(c2)-c2cccc(n2)C(=O)N3)CC1. The van der Waals surface area contributed by atoms with Crippen LogP contribution in [0.4, 0.5) is 5.69 Å². The topological polar surface area (TPSA) is 123 Å². The molecule has 10 heteroatoms. The third-order valence-corrected chi connectivity index (χ3v) is 7.84. The van der Waals surface area contributed by atoms with E-state index in [-0.39, 0.29) is 29.3 Å². The van der Waals surface area contributed by atoms with Gasteiger partial charge in [0.2, 0.25) is 0 Å². The van der Waals surface area contributed by atoms with Crippen molar-refractivity contribution in [2.45, 2.75) is 96.6 Å². The van der Waals surface area contributed by atoms with Crippen LogP contribution in [0.15, 0.2) is 42.9 Å². The largest absolute Gasteiger partial charge is 0.368 e. The Kier molecular flexibility index (Phi) is 8.89. The molecule has 1 aliphatic carbocycles. The Morgan fingerprint density at radius 1 is 0.976 bits per heavy atom. The lowest BCUT2D eigenvalue weighted by Gasteiger charge is -2.34. The van der Waals surface area contributed by atoms with Crippen molar-refractivity contribution in [3.05, 3.63) is 54.2 Å². The number of rotatable bonds is 3. The molecule has 41 heavy (non-hydrogen) atoms. The highest BCUT2D eigenvalue weighted by Gasteiger charge is 2.31. The number of aromatic nitrogens is 4. The Morgan fingerprint density at radius 3 is 2.51 bits per heavy atom. The molecule has 0 saturated heterocycles. The van der Waals surface area contributed by atoms with E-state index in [1.165, 1.54) is 0 Å². The van der Waals surface area contributed by atoms with Crippen molar-refractivity contribution in [3.8, 4) is 11.3 Å². The van der Waals surface area contributed by atoms with E-state index in [0.717, 1.165) is 69.2 Å². The number of nitrogens with zero attached hydrogens (tertiary/aromatic N) is 4. The van der Waals surface area contributed by atoms with Crippen LogP contribution in [0.3, 0.4) is 0 Å². The summed E-state index contributed by atoms with van der Waals surface area (Å²) in [6.45, 7) is 7.27. The fourth-order valence-corrected chi connectivity index (χ4v) is 5.65. The van der Waals surface area contributed by atoms with E-state index in [4.69, 9.17) is 4.74 Å². The third kappa shape index (κ3) is 7.42. The summed E-state index contributed by atoms with van der Waals surface area (Å²) in [6.07, 6.45) is 12.2. The Hall–Kier alpha value is -3.50. The van der Waals surface area contributed by atoms with Crippen LogP contribution in [0.5, 0.6) is 0 Å². The molecule has 5 rings (SSSR count). The Labute approximate surface area is 241 Å². The van der Waals surface area contributed by atoms with Crippen LogP contribution in [0, 0.1) is 5.92 Å². The zero-order valence-electron chi connectivity index (χ0n) is 24.3. The zero-order chi connectivity index (χ0) is 29.0. The minimum absolute atomic E-state index is 0.0503. The molecule has 0 radical (unpaired) electrons. The number of aryl methyl sites for hydroxylation is 1. The first-order valence-corrected chi connectivity index (χ1v) is 14.8. The number of amides is 2. The summed E-state index contributed by atoms with van der Waals surface area (Å²) in [7, 11) is 0. The van der Waals surface area contributed by atoms with Gasteiger partial charge in [-0.1, -0.05) is 18.9 Å². The van der Waals surface area contributed by atoms with Gasteiger partial charge in [0.1, 0.15) is 5.69 Å². The number of aliphatic hydroxyl groups excluding tert-OH is 1. The quantitative estimate of drug-likeness (QED) is 0.379. The predicted octanol–water partition coefficient (Wildman–Crippen LogP) is 5.17. The molecule has 220 valence electrons. The van der Waals surface area contributed by atoms with Gasteiger partial charge in [-0.2, -0.15) is 5.10 Å². The van der Waals surface area contributed by atoms with Crippen molar-refractivity contribution in [1.29, 1.82) is 0 Å². The van der Waals surface area contributed by atoms with Crippen LogP contribution >= 0.6 is 0 Å². The van der Waals surface area contributed by atoms with E-state index in [1.807, 2.05) is 45.2 Å². The normalized spacial score (nSPS) is 21.7. The minimum Gasteiger partial charge on any atom is -0.368 e. The number of aliphatic hydroxyl groups is 1. The number of ether oxygens (including phenoxy) is 1. The summed E-state index contributed by atoms with van der Waals surface area (Å²) in [5.74, 6) is -0.649. The number of nitrogens with one attached hydrogen (secondary N) is 2. The number of anilines is 1. The Morgan fingerprint density at radius 2 is 1.73 bits per heavy atom. The highest BCUT2D eigenvalue weighted by Crippen LogP contribution is 2.36. The smallest absolute Gasteiger partial charge is 0.274 e. The van der Waals surface area contributed by atoms with E-state index >= 15 is 0 Å². The molecule has 4 bridgehead atoms. The van der Waals surface area contributed by atoms with Crippen molar-refractivity contribution < 1.29 is 19.4 Å². The Bertz CT molecular complexity index is 1350. The first kappa shape index (κ1) is 29.0. The lowest BCUT2D eigenvalue weighted by atomic mass is 9.85. The average Bonchev–Trinajstić information content (AvgIpc) is 3.59. The summed E-state index contributed by atoms with van der Waals surface area (Å²) in [5.41, 5.74) is 2.10.